The second kappa shape index (κ2) is 20.3. The molecule has 0 aromatic rings. The van der Waals surface area contributed by atoms with Gasteiger partial charge in [-0.15, -0.1) is 0 Å². The number of carbonyl (C=O) groups excluding carboxylic acids is 2. The van der Waals surface area contributed by atoms with Gasteiger partial charge in [0.15, 0.2) is 0 Å². The highest BCUT2D eigenvalue weighted by Crippen LogP contribution is 2.61. The zero-order valence-corrected chi connectivity index (χ0v) is 33.4. The molecule has 1 saturated heterocycles. The Morgan fingerprint density at radius 2 is 1.37 bits per heavy atom. The summed E-state index contributed by atoms with van der Waals surface area (Å²) in [6, 6.07) is 1.68. The highest BCUT2D eigenvalue weighted by molar-refractivity contribution is 5.83. The molecule has 19 nitrogen and oxygen atoms in total. The fraction of sp³-hybridized carbons (Fsp3) is 0.921. The predicted octanol–water partition coefficient (Wildman–Crippen LogP) is -2.96. The number of rotatable bonds is 22. The lowest BCUT2D eigenvalue weighted by atomic mass is 9.50. The van der Waals surface area contributed by atoms with Gasteiger partial charge in [-0.25, -0.2) is 4.79 Å². The van der Waals surface area contributed by atoms with Crippen LogP contribution in [-0.2, 0) is 19.0 Å². The van der Waals surface area contributed by atoms with Gasteiger partial charge in [0, 0.05) is 26.2 Å². The summed E-state index contributed by atoms with van der Waals surface area (Å²) in [5.74, 6) is 0.244. The molecule has 2 amide bonds. The first kappa shape index (κ1) is 47.4. The van der Waals surface area contributed by atoms with Crippen LogP contribution in [0.15, 0.2) is 0 Å². The molecule has 0 radical (unpaired) electrons. The Hall–Kier alpha value is -2.29. The van der Waals surface area contributed by atoms with Crippen molar-refractivity contribution in [3.63, 3.8) is 0 Å². The third kappa shape index (κ3) is 12.2. The zero-order chi connectivity index (χ0) is 42.3. The van der Waals surface area contributed by atoms with Gasteiger partial charge in [-0.1, -0.05) is 0 Å². The lowest BCUT2D eigenvalue weighted by Gasteiger charge is -2.64. The van der Waals surface area contributed by atoms with E-state index in [2.05, 4.69) is 6.07 Å². The topological polar surface area (TPSA) is 298 Å². The van der Waals surface area contributed by atoms with Crippen LogP contribution in [0.1, 0.15) is 72.1 Å². The molecule has 5 aliphatic rings. The Balaban J connectivity index is 1.39. The Morgan fingerprint density at radius 1 is 0.825 bits per heavy atom. The molecule has 1 heterocycles. The fourth-order valence-corrected chi connectivity index (χ4v) is 9.53. The first-order chi connectivity index (χ1) is 26.8. The summed E-state index contributed by atoms with van der Waals surface area (Å²) in [6.07, 6.45) is -9.28. The van der Waals surface area contributed by atoms with Crippen molar-refractivity contribution in [3.8, 4) is 6.07 Å². The summed E-state index contributed by atoms with van der Waals surface area (Å²) in [5, 5.41) is 109. The molecular formula is C38H66N4O15. The average molecular weight is 819 g/mol. The smallest absolute Gasteiger partial charge is 0.411 e. The Morgan fingerprint density at radius 3 is 1.88 bits per heavy atom. The van der Waals surface area contributed by atoms with Gasteiger partial charge in [-0.2, -0.15) is 5.26 Å². The maximum Gasteiger partial charge on any atom is 0.411 e. The van der Waals surface area contributed by atoms with E-state index < -0.39 is 104 Å². The SMILES string of the molecule is CC(C)(C)OC(=O)N(CC(=O)N1CCC[C@H]1C#N)C12CC3CC(CC(OCCOCCN(C[C@H](O)[C@@H](O)[C@H](O)[C@H](O)CO)C[C@H](O)[C@@H](O)[C@H](O)[C@H](O)CO)(C3)C1)C2. The monoisotopic (exact) mass is 818 g/mol. The van der Waals surface area contributed by atoms with E-state index in [9.17, 15) is 55.7 Å². The van der Waals surface area contributed by atoms with Gasteiger partial charge in [0.1, 0.15) is 54.8 Å². The second-order valence-electron chi connectivity index (χ2n) is 17.6. The molecule has 4 bridgehead atoms. The highest BCUT2D eigenvalue weighted by Gasteiger charge is 2.62. The van der Waals surface area contributed by atoms with E-state index in [1.54, 1.807) is 30.6 Å². The molecule has 5 rings (SSSR count). The van der Waals surface area contributed by atoms with Crippen LogP contribution in [0.5, 0.6) is 0 Å². The number of aliphatic hydroxyl groups excluding tert-OH is 10. The van der Waals surface area contributed by atoms with Gasteiger partial charge in [-0.3, -0.25) is 14.6 Å². The lowest BCUT2D eigenvalue weighted by molar-refractivity contribution is -0.202. The number of hydrogen-bond donors (Lipinski definition) is 10. The van der Waals surface area contributed by atoms with Crippen LogP contribution in [0.2, 0.25) is 0 Å². The van der Waals surface area contributed by atoms with Crippen LogP contribution in [-0.4, -0.2) is 215 Å². The summed E-state index contributed by atoms with van der Waals surface area (Å²) < 4.78 is 18.3. The van der Waals surface area contributed by atoms with Crippen LogP contribution >= 0.6 is 0 Å². The Bertz CT molecular complexity index is 1300. The molecule has 57 heavy (non-hydrogen) atoms. The van der Waals surface area contributed by atoms with Crippen LogP contribution in [0.3, 0.4) is 0 Å². The van der Waals surface area contributed by atoms with Gasteiger partial charge >= 0.3 is 6.09 Å². The van der Waals surface area contributed by atoms with Crippen molar-refractivity contribution in [2.24, 2.45) is 11.8 Å². The molecule has 2 unspecified atom stereocenters. The van der Waals surface area contributed by atoms with E-state index >= 15 is 0 Å². The van der Waals surface area contributed by atoms with Gasteiger partial charge in [0.2, 0.25) is 5.91 Å². The van der Waals surface area contributed by atoms with Crippen LogP contribution in [0.4, 0.5) is 4.79 Å². The average Bonchev–Trinajstić information content (AvgIpc) is 3.64. The highest BCUT2D eigenvalue weighted by atomic mass is 16.6. The number of amides is 2. The molecule has 5 fully saturated rings. The van der Waals surface area contributed by atoms with Crippen molar-refractivity contribution < 1.29 is 74.9 Å². The summed E-state index contributed by atoms with van der Waals surface area (Å²) in [6.45, 7) is 3.29. The van der Waals surface area contributed by atoms with E-state index in [1.807, 2.05) is 0 Å². The van der Waals surface area contributed by atoms with E-state index in [1.165, 1.54) is 4.90 Å². The lowest BCUT2D eigenvalue weighted by Crippen LogP contribution is -2.68. The fourth-order valence-electron chi connectivity index (χ4n) is 9.53. The third-order valence-corrected chi connectivity index (χ3v) is 11.9. The normalized spacial score (nSPS) is 30.0. The molecule has 11 atom stereocenters. The van der Waals surface area contributed by atoms with E-state index in [0.717, 1.165) is 25.7 Å². The van der Waals surface area contributed by atoms with E-state index in [4.69, 9.17) is 24.4 Å². The van der Waals surface area contributed by atoms with Crippen LogP contribution < -0.4 is 0 Å². The number of nitriles is 1. The first-order valence-electron chi connectivity index (χ1n) is 20.1. The molecule has 4 aliphatic carbocycles. The molecule has 10 N–H and O–H groups in total. The number of nitrogens with zero attached hydrogens (tertiary/aromatic N) is 4. The number of hydrogen-bond acceptors (Lipinski definition) is 17. The Kier molecular flexibility index (Phi) is 16.9. The second-order valence-corrected chi connectivity index (χ2v) is 17.6. The molecule has 328 valence electrons. The molecule has 0 aromatic heterocycles. The quantitative estimate of drug-likeness (QED) is 0.0488. The molecule has 4 saturated carbocycles. The van der Waals surface area contributed by atoms with Crippen LogP contribution in [0.25, 0.3) is 0 Å². The number of carbonyl (C=O) groups is 2. The number of aliphatic hydroxyl groups is 10. The zero-order valence-electron chi connectivity index (χ0n) is 33.4. The number of likely N-dealkylation sites (tertiary alicyclic amines) is 1. The van der Waals surface area contributed by atoms with Gasteiger partial charge in [0.25, 0.3) is 0 Å². The van der Waals surface area contributed by atoms with Gasteiger partial charge in [-0.05, 0) is 84.0 Å². The minimum absolute atomic E-state index is 0.00442. The molecule has 0 spiro atoms. The summed E-state index contributed by atoms with van der Waals surface area (Å²) in [5.41, 5.74) is -2.05. The summed E-state index contributed by atoms with van der Waals surface area (Å²) in [7, 11) is 0. The maximum absolute atomic E-state index is 13.9. The minimum atomic E-state index is -1.91. The van der Waals surface area contributed by atoms with Gasteiger partial charge < -0.3 is 70.2 Å². The standard InChI is InChI=1S/C38H66N4O15/c1-36(2,3)57-35(54)42(19-30(49)41-6-4-5-25(41)16-39)37-12-23-11-24(13-37)15-38(14-23,22-37)56-10-9-55-8-7-40(17-26(45)31(50)33(52)28(47)20-43)18-27(46)32(51)34(53)29(48)21-44/h23-29,31-34,43-48,50-53H,4-15,17-22H2,1-3H3/t23?,24?,25-,26-,27-,28+,29+,31+,32+,33+,34+,37?,38?/m0/s1. The van der Waals surface area contributed by atoms with Crippen molar-refractivity contribution in [1.82, 2.24) is 14.7 Å². The van der Waals surface area contributed by atoms with Crippen molar-refractivity contribution in [3.05, 3.63) is 0 Å². The molecule has 19 heteroatoms. The maximum atomic E-state index is 13.9. The van der Waals surface area contributed by atoms with E-state index in [0.29, 0.717) is 32.2 Å². The predicted molar refractivity (Wildman–Crippen MR) is 199 cm³/mol. The molecular weight excluding hydrogens is 752 g/mol. The van der Waals surface area contributed by atoms with Crippen molar-refractivity contribution in [1.29, 1.82) is 5.26 Å². The van der Waals surface area contributed by atoms with Crippen molar-refractivity contribution in [2.75, 3.05) is 65.8 Å². The van der Waals surface area contributed by atoms with Crippen molar-refractivity contribution >= 4 is 12.0 Å². The first-order valence-corrected chi connectivity index (χ1v) is 20.1. The third-order valence-electron chi connectivity index (χ3n) is 11.9. The van der Waals surface area contributed by atoms with Crippen molar-refractivity contribution in [2.45, 2.75) is 144 Å². The Labute approximate surface area is 333 Å². The summed E-state index contributed by atoms with van der Waals surface area (Å²) >= 11 is 0. The number of ether oxygens (including phenoxy) is 3. The molecule has 0 aromatic carbocycles. The van der Waals surface area contributed by atoms with E-state index in [-0.39, 0.29) is 50.7 Å². The molecule has 1 aliphatic heterocycles. The van der Waals surface area contributed by atoms with Gasteiger partial charge in [0.05, 0.1) is 62.5 Å². The minimum Gasteiger partial charge on any atom is -0.444 e. The largest absolute Gasteiger partial charge is 0.444 e. The summed E-state index contributed by atoms with van der Waals surface area (Å²) in [4.78, 5) is 32.1. The van der Waals surface area contributed by atoms with Crippen LogP contribution in [0, 0.1) is 23.2 Å².